The van der Waals surface area contributed by atoms with E-state index in [9.17, 15) is 14.7 Å². The summed E-state index contributed by atoms with van der Waals surface area (Å²) in [6.45, 7) is 5.28. The number of carbonyl (C=O) groups excluding carboxylic acids is 1. The average Bonchev–Trinajstić information content (AvgIpc) is 2.86. The number of carbonyl (C=O) groups is 2. The van der Waals surface area contributed by atoms with Crippen molar-refractivity contribution in [1.29, 1.82) is 0 Å². The number of nitrogens with one attached hydrogen (secondary N) is 1. The maximum absolute atomic E-state index is 12.5. The minimum atomic E-state index is -0.851. The van der Waals surface area contributed by atoms with Gasteiger partial charge in [0.25, 0.3) is 0 Å². The Morgan fingerprint density at radius 1 is 1.16 bits per heavy atom. The predicted molar refractivity (Wildman–Crippen MR) is 91.3 cm³/mol. The van der Waals surface area contributed by atoms with Crippen molar-refractivity contribution in [2.24, 2.45) is 5.92 Å². The molecule has 2 aliphatic rings. The highest BCUT2D eigenvalue weighted by Crippen LogP contribution is 2.16. The van der Waals surface area contributed by atoms with Crippen LogP contribution >= 0.6 is 0 Å². The molecule has 2 N–H and O–H groups in total. The molecule has 136 valence electrons. The lowest BCUT2D eigenvalue weighted by atomic mass is 10.1. The fourth-order valence-electron chi connectivity index (χ4n) is 3.25. The molecule has 9 heteroatoms. The van der Waals surface area contributed by atoms with Gasteiger partial charge in [-0.3, -0.25) is 19.5 Å². The number of aliphatic carboxylic acids is 1. The van der Waals surface area contributed by atoms with Crippen LogP contribution in [-0.2, 0) is 9.59 Å². The van der Waals surface area contributed by atoms with Crippen molar-refractivity contribution in [3.05, 3.63) is 18.6 Å². The molecule has 0 aromatic carbocycles. The Labute approximate surface area is 146 Å². The van der Waals surface area contributed by atoms with Gasteiger partial charge < -0.3 is 20.2 Å². The summed E-state index contributed by atoms with van der Waals surface area (Å²) in [7, 11) is 0. The van der Waals surface area contributed by atoms with E-state index in [2.05, 4.69) is 15.3 Å². The molecule has 9 nitrogen and oxygen atoms in total. The van der Waals surface area contributed by atoms with Gasteiger partial charge >= 0.3 is 5.97 Å². The smallest absolute Gasteiger partial charge is 0.309 e. The van der Waals surface area contributed by atoms with Crippen LogP contribution in [0.4, 0.5) is 5.82 Å². The van der Waals surface area contributed by atoms with Gasteiger partial charge in [-0.25, -0.2) is 4.98 Å². The maximum Gasteiger partial charge on any atom is 0.309 e. The molecule has 1 aromatic rings. The Morgan fingerprint density at radius 3 is 2.64 bits per heavy atom. The summed E-state index contributed by atoms with van der Waals surface area (Å²) in [5.41, 5.74) is 0. The standard InChI is InChI=1S/C16H24N6O3/c23-15(21-5-3-17-4-6-21)12-20-7-8-22(11-13(10-20)16(24)25)14-9-18-1-2-19-14/h1-2,9,13,17H,3-8,10-12H2,(H,24,25). The molecule has 0 spiro atoms. The number of piperazine rings is 1. The third-order valence-corrected chi connectivity index (χ3v) is 4.66. The quantitative estimate of drug-likeness (QED) is 0.695. The molecule has 3 heterocycles. The molecule has 1 amide bonds. The van der Waals surface area contributed by atoms with Gasteiger partial charge in [-0.05, 0) is 0 Å². The van der Waals surface area contributed by atoms with E-state index in [0.29, 0.717) is 45.1 Å². The fraction of sp³-hybridized carbons (Fsp3) is 0.625. The lowest BCUT2D eigenvalue weighted by molar-refractivity contribution is -0.142. The summed E-state index contributed by atoms with van der Waals surface area (Å²) < 4.78 is 0. The number of nitrogens with zero attached hydrogens (tertiary/aromatic N) is 5. The minimum Gasteiger partial charge on any atom is -0.481 e. The van der Waals surface area contributed by atoms with Gasteiger partial charge in [0, 0.05) is 64.8 Å². The molecule has 3 rings (SSSR count). The number of hydrogen-bond donors (Lipinski definition) is 2. The van der Waals surface area contributed by atoms with E-state index < -0.39 is 11.9 Å². The van der Waals surface area contributed by atoms with Gasteiger partial charge in [-0.15, -0.1) is 0 Å². The van der Waals surface area contributed by atoms with Crippen LogP contribution in [-0.4, -0.2) is 95.7 Å². The Balaban J connectivity index is 1.65. The Bertz CT molecular complexity index is 593. The number of rotatable bonds is 4. The number of carboxylic acids is 1. The minimum absolute atomic E-state index is 0.0681. The molecule has 0 bridgehead atoms. The van der Waals surface area contributed by atoms with Crippen LogP contribution in [0.25, 0.3) is 0 Å². The summed E-state index contributed by atoms with van der Waals surface area (Å²) in [5, 5.41) is 12.8. The van der Waals surface area contributed by atoms with Crippen molar-refractivity contribution in [3.63, 3.8) is 0 Å². The van der Waals surface area contributed by atoms with E-state index in [1.165, 1.54) is 0 Å². The number of anilines is 1. The highest BCUT2D eigenvalue weighted by Gasteiger charge is 2.30. The summed E-state index contributed by atoms with van der Waals surface area (Å²) in [6, 6.07) is 0. The van der Waals surface area contributed by atoms with Crippen molar-refractivity contribution in [3.8, 4) is 0 Å². The largest absolute Gasteiger partial charge is 0.481 e. The molecule has 2 saturated heterocycles. The Hall–Kier alpha value is -2.26. The Kier molecular flexibility index (Phi) is 5.77. The lowest BCUT2D eigenvalue weighted by Gasteiger charge is -2.30. The number of amides is 1. The van der Waals surface area contributed by atoms with Crippen molar-refractivity contribution in [2.75, 3.05) is 63.8 Å². The first-order chi connectivity index (χ1) is 12.1. The van der Waals surface area contributed by atoms with Gasteiger partial charge in [0.05, 0.1) is 18.7 Å². The van der Waals surface area contributed by atoms with Crippen molar-refractivity contribution in [1.82, 2.24) is 25.1 Å². The molecular weight excluding hydrogens is 324 g/mol. The van der Waals surface area contributed by atoms with Crippen LogP contribution in [0.1, 0.15) is 0 Å². The first-order valence-electron chi connectivity index (χ1n) is 8.58. The van der Waals surface area contributed by atoms with E-state index >= 15 is 0 Å². The van der Waals surface area contributed by atoms with E-state index in [1.54, 1.807) is 18.6 Å². The maximum atomic E-state index is 12.5. The molecule has 0 saturated carbocycles. The zero-order chi connectivity index (χ0) is 17.6. The molecule has 1 unspecified atom stereocenters. The van der Waals surface area contributed by atoms with Gasteiger partial charge in [0.1, 0.15) is 5.82 Å². The van der Waals surface area contributed by atoms with Crippen LogP contribution < -0.4 is 10.2 Å². The van der Waals surface area contributed by atoms with Crippen molar-refractivity contribution >= 4 is 17.7 Å². The second-order valence-corrected chi connectivity index (χ2v) is 6.41. The molecule has 0 aliphatic carbocycles. The average molecular weight is 348 g/mol. The second-order valence-electron chi connectivity index (χ2n) is 6.41. The summed E-state index contributed by atoms with van der Waals surface area (Å²) >= 11 is 0. The molecule has 1 atom stereocenters. The summed E-state index contributed by atoms with van der Waals surface area (Å²) in [4.78, 5) is 38.1. The normalized spacial score (nSPS) is 22.5. The summed E-state index contributed by atoms with van der Waals surface area (Å²) in [6.07, 6.45) is 4.83. The van der Waals surface area contributed by atoms with Crippen molar-refractivity contribution in [2.45, 2.75) is 0 Å². The van der Waals surface area contributed by atoms with Crippen LogP contribution in [0.5, 0.6) is 0 Å². The van der Waals surface area contributed by atoms with Gasteiger partial charge in [0.15, 0.2) is 0 Å². The zero-order valence-electron chi connectivity index (χ0n) is 14.2. The van der Waals surface area contributed by atoms with Crippen LogP contribution in [0.2, 0.25) is 0 Å². The topological polar surface area (TPSA) is 102 Å². The molecule has 25 heavy (non-hydrogen) atoms. The van der Waals surface area contributed by atoms with Gasteiger partial charge in [-0.2, -0.15) is 0 Å². The van der Waals surface area contributed by atoms with Crippen LogP contribution in [0.3, 0.4) is 0 Å². The summed E-state index contributed by atoms with van der Waals surface area (Å²) in [5.74, 6) is -0.682. The fourth-order valence-corrected chi connectivity index (χ4v) is 3.25. The third-order valence-electron chi connectivity index (χ3n) is 4.66. The van der Waals surface area contributed by atoms with E-state index in [0.717, 1.165) is 13.1 Å². The number of hydrogen-bond acceptors (Lipinski definition) is 7. The van der Waals surface area contributed by atoms with E-state index in [1.807, 2.05) is 14.7 Å². The zero-order valence-corrected chi connectivity index (χ0v) is 14.2. The molecular formula is C16H24N6O3. The molecule has 0 radical (unpaired) electrons. The first-order valence-corrected chi connectivity index (χ1v) is 8.58. The number of aromatic nitrogens is 2. The highest BCUT2D eigenvalue weighted by molar-refractivity contribution is 5.78. The highest BCUT2D eigenvalue weighted by atomic mass is 16.4. The monoisotopic (exact) mass is 348 g/mol. The third kappa shape index (κ3) is 4.64. The SMILES string of the molecule is O=C(O)C1CN(CC(=O)N2CCNCC2)CCN(c2cnccn2)C1. The van der Waals surface area contributed by atoms with Gasteiger partial charge in [0.2, 0.25) is 5.91 Å². The molecule has 1 aromatic heterocycles. The first kappa shape index (κ1) is 17.6. The number of carboxylic acid groups (broad SMARTS) is 1. The van der Waals surface area contributed by atoms with Crippen molar-refractivity contribution < 1.29 is 14.7 Å². The molecule has 2 aliphatic heterocycles. The Morgan fingerprint density at radius 2 is 1.96 bits per heavy atom. The molecule has 2 fully saturated rings. The van der Waals surface area contributed by atoms with Gasteiger partial charge in [-0.1, -0.05) is 0 Å². The van der Waals surface area contributed by atoms with Crippen LogP contribution in [0.15, 0.2) is 18.6 Å². The van der Waals surface area contributed by atoms with E-state index in [-0.39, 0.29) is 12.5 Å². The predicted octanol–water partition coefficient (Wildman–Crippen LogP) is -1.27. The van der Waals surface area contributed by atoms with E-state index in [4.69, 9.17) is 0 Å². The lowest BCUT2D eigenvalue weighted by Crippen LogP contribution is -2.50. The van der Waals surface area contributed by atoms with Crippen LogP contribution in [0, 0.1) is 5.92 Å². The second kappa shape index (κ2) is 8.21.